The molecular weight excluding hydrogens is 264 g/mol. The fraction of sp³-hybridized carbons (Fsp3) is 0.938. The Kier molecular flexibility index (Phi) is 5.28. The maximum atomic E-state index is 12.4. The van der Waals surface area contributed by atoms with E-state index < -0.39 is 5.54 Å². The number of piperazine rings is 1. The topological polar surface area (TPSA) is 61.6 Å². The van der Waals surface area contributed by atoms with Crippen molar-refractivity contribution in [3.8, 4) is 0 Å². The largest absolute Gasteiger partial charge is 0.353 e. The van der Waals surface area contributed by atoms with Crippen LogP contribution in [0.4, 0.5) is 0 Å². The highest BCUT2D eigenvalue weighted by Crippen LogP contribution is 2.26. The van der Waals surface area contributed by atoms with E-state index in [1.165, 1.54) is 6.42 Å². The third kappa shape index (κ3) is 4.18. The van der Waals surface area contributed by atoms with Gasteiger partial charge >= 0.3 is 0 Å². The molecule has 122 valence electrons. The maximum absolute atomic E-state index is 12.4. The normalized spacial score (nSPS) is 24.8. The lowest BCUT2D eigenvalue weighted by atomic mass is 9.81. The van der Waals surface area contributed by atoms with E-state index in [1.807, 2.05) is 0 Å². The van der Waals surface area contributed by atoms with Gasteiger partial charge in [0.2, 0.25) is 5.91 Å². The van der Waals surface area contributed by atoms with Crippen molar-refractivity contribution in [2.24, 2.45) is 5.73 Å². The number of carbonyl (C=O) groups is 1. The number of carbonyl (C=O) groups excluding carboxylic acids is 1. The Labute approximate surface area is 129 Å². The van der Waals surface area contributed by atoms with Gasteiger partial charge in [0.05, 0.1) is 5.54 Å². The first-order valence-electron chi connectivity index (χ1n) is 8.34. The van der Waals surface area contributed by atoms with Crippen LogP contribution in [-0.4, -0.2) is 66.6 Å². The molecule has 21 heavy (non-hydrogen) atoms. The number of hydrogen-bond donors (Lipinski definition) is 2. The summed E-state index contributed by atoms with van der Waals surface area (Å²) in [5.74, 6) is 0.0457. The zero-order valence-electron chi connectivity index (χ0n) is 14.0. The first kappa shape index (κ1) is 16.7. The fourth-order valence-corrected chi connectivity index (χ4v) is 3.41. The Hall–Kier alpha value is -0.650. The quantitative estimate of drug-likeness (QED) is 0.805. The molecule has 2 aliphatic rings. The van der Waals surface area contributed by atoms with Crippen LogP contribution >= 0.6 is 0 Å². The van der Waals surface area contributed by atoms with Crippen molar-refractivity contribution in [3.63, 3.8) is 0 Å². The summed E-state index contributed by atoms with van der Waals surface area (Å²) in [6.45, 7) is 9.41. The van der Waals surface area contributed by atoms with Crippen molar-refractivity contribution in [2.75, 3.05) is 39.8 Å². The monoisotopic (exact) mass is 296 g/mol. The number of nitrogens with one attached hydrogen (secondary N) is 1. The molecule has 0 bridgehead atoms. The molecule has 1 saturated carbocycles. The number of rotatable bonds is 4. The molecule has 2 fully saturated rings. The summed E-state index contributed by atoms with van der Waals surface area (Å²) in [6, 6.07) is 0. The van der Waals surface area contributed by atoms with Gasteiger partial charge in [0.25, 0.3) is 0 Å². The number of amides is 1. The highest BCUT2D eigenvalue weighted by atomic mass is 16.2. The Morgan fingerprint density at radius 3 is 2.29 bits per heavy atom. The van der Waals surface area contributed by atoms with E-state index in [1.54, 1.807) is 0 Å². The predicted molar refractivity (Wildman–Crippen MR) is 86.2 cm³/mol. The summed E-state index contributed by atoms with van der Waals surface area (Å²) in [5.41, 5.74) is 5.66. The van der Waals surface area contributed by atoms with Crippen molar-refractivity contribution in [3.05, 3.63) is 0 Å². The fourth-order valence-electron chi connectivity index (χ4n) is 3.41. The molecule has 0 aromatic heterocycles. The van der Waals surface area contributed by atoms with E-state index in [4.69, 9.17) is 5.73 Å². The van der Waals surface area contributed by atoms with Crippen LogP contribution < -0.4 is 11.1 Å². The lowest BCUT2D eigenvalue weighted by molar-refractivity contribution is -0.128. The van der Waals surface area contributed by atoms with E-state index in [-0.39, 0.29) is 11.4 Å². The molecular formula is C16H32N4O. The molecule has 5 nitrogen and oxygen atoms in total. The van der Waals surface area contributed by atoms with Gasteiger partial charge in [-0.25, -0.2) is 0 Å². The highest BCUT2D eigenvalue weighted by Gasteiger charge is 2.37. The standard InChI is InChI=1S/C16H32N4O/c1-15(2,20-11-9-19(3)10-12-20)13-18-14(21)16(17)7-5-4-6-8-16/h4-13,17H2,1-3H3,(H,18,21). The average Bonchev–Trinajstić information content (AvgIpc) is 2.46. The summed E-state index contributed by atoms with van der Waals surface area (Å²) in [4.78, 5) is 17.3. The molecule has 0 aromatic rings. The minimum absolute atomic E-state index is 0.0120. The van der Waals surface area contributed by atoms with E-state index in [9.17, 15) is 4.79 Å². The van der Waals surface area contributed by atoms with Crippen molar-refractivity contribution in [2.45, 2.75) is 57.0 Å². The molecule has 0 aromatic carbocycles. The van der Waals surface area contributed by atoms with Crippen LogP contribution in [0.3, 0.4) is 0 Å². The Bertz CT molecular complexity index is 355. The van der Waals surface area contributed by atoms with Crippen LogP contribution in [0.2, 0.25) is 0 Å². The van der Waals surface area contributed by atoms with Gasteiger partial charge in [-0.15, -0.1) is 0 Å². The van der Waals surface area contributed by atoms with Gasteiger partial charge < -0.3 is 16.0 Å². The van der Waals surface area contributed by atoms with Gasteiger partial charge in [-0.3, -0.25) is 9.69 Å². The first-order chi connectivity index (χ1) is 9.83. The number of nitrogens with zero attached hydrogens (tertiary/aromatic N) is 2. The van der Waals surface area contributed by atoms with Crippen molar-refractivity contribution in [1.82, 2.24) is 15.1 Å². The van der Waals surface area contributed by atoms with Crippen LogP contribution in [0.5, 0.6) is 0 Å². The molecule has 2 rings (SSSR count). The second kappa shape index (κ2) is 6.63. The van der Waals surface area contributed by atoms with E-state index in [0.29, 0.717) is 6.54 Å². The molecule has 0 atom stereocenters. The molecule has 1 saturated heterocycles. The Morgan fingerprint density at radius 1 is 1.14 bits per heavy atom. The average molecular weight is 296 g/mol. The van der Waals surface area contributed by atoms with Crippen molar-refractivity contribution in [1.29, 1.82) is 0 Å². The zero-order chi connectivity index (χ0) is 15.5. The van der Waals surface area contributed by atoms with Crippen LogP contribution in [0, 0.1) is 0 Å². The Balaban J connectivity index is 1.84. The van der Waals surface area contributed by atoms with Crippen molar-refractivity contribution < 1.29 is 4.79 Å². The first-order valence-corrected chi connectivity index (χ1v) is 8.34. The van der Waals surface area contributed by atoms with E-state index >= 15 is 0 Å². The third-order valence-corrected chi connectivity index (χ3v) is 5.24. The summed E-state index contributed by atoms with van der Waals surface area (Å²) in [5, 5.41) is 3.12. The third-order valence-electron chi connectivity index (χ3n) is 5.24. The summed E-state index contributed by atoms with van der Waals surface area (Å²) < 4.78 is 0. The van der Waals surface area contributed by atoms with E-state index in [2.05, 4.69) is 36.0 Å². The lowest BCUT2D eigenvalue weighted by Crippen LogP contribution is -2.61. The SMILES string of the molecule is CN1CCN(C(C)(C)CNC(=O)C2(N)CCCCC2)CC1. The van der Waals surface area contributed by atoms with Crippen LogP contribution in [-0.2, 0) is 4.79 Å². The number of hydrogen-bond acceptors (Lipinski definition) is 4. The lowest BCUT2D eigenvalue weighted by Gasteiger charge is -2.44. The Morgan fingerprint density at radius 2 is 1.71 bits per heavy atom. The summed E-state index contributed by atoms with van der Waals surface area (Å²) in [6.07, 6.45) is 5.01. The minimum atomic E-state index is -0.629. The summed E-state index contributed by atoms with van der Waals surface area (Å²) >= 11 is 0. The molecule has 5 heteroatoms. The van der Waals surface area contributed by atoms with Gasteiger partial charge in [-0.2, -0.15) is 0 Å². The van der Waals surface area contributed by atoms with Crippen LogP contribution in [0.15, 0.2) is 0 Å². The molecule has 1 aliphatic heterocycles. The molecule has 0 unspecified atom stereocenters. The van der Waals surface area contributed by atoms with Gasteiger partial charge in [0, 0.05) is 38.3 Å². The molecule has 0 radical (unpaired) electrons. The zero-order valence-corrected chi connectivity index (χ0v) is 14.0. The van der Waals surface area contributed by atoms with Gasteiger partial charge in [0.1, 0.15) is 0 Å². The van der Waals surface area contributed by atoms with Crippen LogP contribution in [0.25, 0.3) is 0 Å². The summed E-state index contributed by atoms with van der Waals surface area (Å²) in [7, 11) is 2.16. The highest BCUT2D eigenvalue weighted by molar-refractivity contribution is 5.86. The second-order valence-electron chi connectivity index (χ2n) is 7.50. The smallest absolute Gasteiger partial charge is 0.240 e. The molecule has 3 N–H and O–H groups in total. The molecule has 1 amide bonds. The van der Waals surface area contributed by atoms with Gasteiger partial charge in [0.15, 0.2) is 0 Å². The minimum Gasteiger partial charge on any atom is -0.353 e. The molecule has 1 heterocycles. The van der Waals surface area contributed by atoms with Gasteiger partial charge in [-0.05, 0) is 33.7 Å². The maximum Gasteiger partial charge on any atom is 0.240 e. The van der Waals surface area contributed by atoms with E-state index in [0.717, 1.165) is 51.9 Å². The molecule has 0 spiro atoms. The second-order valence-corrected chi connectivity index (χ2v) is 7.50. The van der Waals surface area contributed by atoms with Gasteiger partial charge in [-0.1, -0.05) is 19.3 Å². The number of nitrogens with two attached hydrogens (primary N) is 1. The number of likely N-dealkylation sites (N-methyl/N-ethyl adjacent to an activating group) is 1. The predicted octanol–water partition coefficient (Wildman–Crippen LogP) is 0.790. The van der Waals surface area contributed by atoms with Crippen LogP contribution in [0.1, 0.15) is 46.0 Å². The molecule has 1 aliphatic carbocycles. The van der Waals surface area contributed by atoms with Crippen molar-refractivity contribution >= 4 is 5.91 Å².